The van der Waals surface area contributed by atoms with Gasteiger partial charge in [0.05, 0.1) is 19.3 Å². The van der Waals surface area contributed by atoms with Crippen molar-refractivity contribution in [3.05, 3.63) is 60.2 Å². The van der Waals surface area contributed by atoms with E-state index < -0.39 is 17.6 Å². The van der Waals surface area contributed by atoms with Gasteiger partial charge in [0.25, 0.3) is 5.91 Å². The van der Waals surface area contributed by atoms with Gasteiger partial charge in [-0.15, -0.1) is 0 Å². The molecule has 0 unspecified atom stereocenters. The summed E-state index contributed by atoms with van der Waals surface area (Å²) in [6.45, 7) is 0.904. The third kappa shape index (κ3) is 3.24. The number of carboxylic acid groups (broad SMARTS) is 1. The van der Waals surface area contributed by atoms with Gasteiger partial charge in [-0.3, -0.25) is 9.69 Å². The van der Waals surface area contributed by atoms with E-state index in [1.165, 1.54) is 12.0 Å². The average Bonchev–Trinajstić information content (AvgIpc) is 3.06. The Bertz CT molecular complexity index is 970. The van der Waals surface area contributed by atoms with Crippen molar-refractivity contribution in [1.82, 2.24) is 4.90 Å². The van der Waals surface area contributed by atoms with E-state index >= 15 is 0 Å². The highest BCUT2D eigenvalue weighted by Gasteiger charge is 2.54. The molecule has 2 aliphatic heterocycles. The number of carbonyl (C=O) groups is 3. The SMILES string of the molecule is COC(=O)c1cccc(N2CN(c3ccccc3)C3(CCN(C(=O)O)CC3)C2=O)c1. The Hall–Kier alpha value is -3.55. The van der Waals surface area contributed by atoms with Gasteiger partial charge in [-0.2, -0.15) is 0 Å². The van der Waals surface area contributed by atoms with Crippen LogP contribution in [-0.2, 0) is 9.53 Å². The lowest BCUT2D eigenvalue weighted by molar-refractivity contribution is -0.123. The van der Waals surface area contributed by atoms with Crippen molar-refractivity contribution in [1.29, 1.82) is 0 Å². The first-order valence-electron chi connectivity index (χ1n) is 9.77. The number of esters is 1. The quantitative estimate of drug-likeness (QED) is 0.784. The minimum atomic E-state index is -0.968. The summed E-state index contributed by atoms with van der Waals surface area (Å²) in [7, 11) is 1.32. The Balaban J connectivity index is 1.71. The van der Waals surface area contributed by atoms with E-state index in [1.54, 1.807) is 29.2 Å². The predicted molar refractivity (Wildman–Crippen MR) is 111 cm³/mol. The fourth-order valence-electron chi connectivity index (χ4n) is 4.31. The molecule has 8 heteroatoms. The fraction of sp³-hybridized carbons (Fsp3) is 0.318. The molecular formula is C22H23N3O5. The Kier molecular flexibility index (Phi) is 5.07. The molecule has 8 nitrogen and oxygen atoms in total. The van der Waals surface area contributed by atoms with Crippen LogP contribution in [-0.4, -0.2) is 60.4 Å². The first kappa shape index (κ1) is 19.8. The summed E-state index contributed by atoms with van der Waals surface area (Å²) in [6, 6.07) is 16.5. The van der Waals surface area contributed by atoms with Crippen LogP contribution in [0.4, 0.5) is 16.2 Å². The number of likely N-dealkylation sites (tertiary alicyclic amines) is 1. The van der Waals surface area contributed by atoms with Gasteiger partial charge in [-0.1, -0.05) is 24.3 Å². The second-order valence-electron chi connectivity index (χ2n) is 7.48. The number of carbonyl (C=O) groups excluding carboxylic acids is 2. The van der Waals surface area contributed by atoms with Crippen molar-refractivity contribution in [3.8, 4) is 0 Å². The zero-order valence-electron chi connectivity index (χ0n) is 16.7. The highest BCUT2D eigenvalue weighted by Crippen LogP contribution is 2.41. The topological polar surface area (TPSA) is 90.4 Å². The van der Waals surface area contributed by atoms with Crippen LogP contribution in [0.2, 0.25) is 0 Å². The molecule has 2 aromatic rings. The number of ether oxygens (including phenoxy) is 1. The lowest BCUT2D eigenvalue weighted by atomic mass is 9.85. The van der Waals surface area contributed by atoms with Crippen LogP contribution >= 0.6 is 0 Å². The number of anilines is 2. The number of piperidine rings is 1. The maximum atomic E-state index is 13.7. The van der Waals surface area contributed by atoms with Gasteiger partial charge in [-0.05, 0) is 43.2 Å². The molecule has 0 aromatic heterocycles. The average molecular weight is 409 g/mol. The second kappa shape index (κ2) is 7.70. The van der Waals surface area contributed by atoms with Gasteiger partial charge in [0.2, 0.25) is 0 Å². The first-order valence-corrected chi connectivity index (χ1v) is 9.77. The summed E-state index contributed by atoms with van der Waals surface area (Å²) >= 11 is 0. The normalized spacial score (nSPS) is 18.0. The molecule has 30 heavy (non-hydrogen) atoms. The van der Waals surface area contributed by atoms with Crippen LogP contribution < -0.4 is 9.80 Å². The van der Waals surface area contributed by atoms with E-state index in [0.29, 0.717) is 43.9 Å². The van der Waals surface area contributed by atoms with E-state index in [2.05, 4.69) is 4.90 Å². The number of hydrogen-bond donors (Lipinski definition) is 1. The molecule has 1 N–H and O–H groups in total. The number of amides is 2. The van der Waals surface area contributed by atoms with Crippen LogP contribution in [0.3, 0.4) is 0 Å². The molecule has 156 valence electrons. The molecule has 2 fully saturated rings. The van der Waals surface area contributed by atoms with E-state index in [4.69, 9.17) is 4.74 Å². The number of rotatable bonds is 3. The smallest absolute Gasteiger partial charge is 0.407 e. The lowest BCUT2D eigenvalue weighted by Gasteiger charge is -2.42. The number of hydrogen-bond acceptors (Lipinski definition) is 5. The van der Waals surface area contributed by atoms with Crippen molar-refractivity contribution in [2.24, 2.45) is 0 Å². The van der Waals surface area contributed by atoms with Gasteiger partial charge in [0.1, 0.15) is 5.54 Å². The maximum Gasteiger partial charge on any atom is 0.407 e. The monoisotopic (exact) mass is 409 g/mol. The molecule has 1 spiro atoms. The number of nitrogens with zero attached hydrogens (tertiary/aromatic N) is 3. The van der Waals surface area contributed by atoms with Gasteiger partial charge in [0, 0.05) is 24.5 Å². The number of methoxy groups -OCH3 is 1. The van der Waals surface area contributed by atoms with Crippen LogP contribution in [0, 0.1) is 0 Å². The van der Waals surface area contributed by atoms with Gasteiger partial charge < -0.3 is 19.6 Å². The van der Waals surface area contributed by atoms with Crippen molar-refractivity contribution in [3.63, 3.8) is 0 Å². The number of benzene rings is 2. The molecule has 0 atom stereocenters. The first-order chi connectivity index (χ1) is 14.5. The largest absolute Gasteiger partial charge is 0.465 e. The fourth-order valence-corrected chi connectivity index (χ4v) is 4.31. The second-order valence-corrected chi connectivity index (χ2v) is 7.48. The highest BCUT2D eigenvalue weighted by atomic mass is 16.5. The summed E-state index contributed by atoms with van der Waals surface area (Å²) in [4.78, 5) is 42.1. The molecule has 0 saturated carbocycles. The van der Waals surface area contributed by atoms with E-state index in [0.717, 1.165) is 5.69 Å². The van der Waals surface area contributed by atoms with Gasteiger partial charge in [-0.25, -0.2) is 9.59 Å². The van der Waals surface area contributed by atoms with Crippen molar-refractivity contribution in [2.45, 2.75) is 18.4 Å². The maximum absolute atomic E-state index is 13.7. The van der Waals surface area contributed by atoms with Crippen LogP contribution in [0.25, 0.3) is 0 Å². The van der Waals surface area contributed by atoms with Crippen molar-refractivity contribution >= 4 is 29.3 Å². The zero-order chi connectivity index (χ0) is 21.3. The van der Waals surface area contributed by atoms with Crippen LogP contribution in [0.1, 0.15) is 23.2 Å². The van der Waals surface area contributed by atoms with Crippen molar-refractivity contribution < 1.29 is 24.2 Å². The third-order valence-electron chi connectivity index (χ3n) is 5.95. The van der Waals surface area contributed by atoms with E-state index in [1.807, 2.05) is 30.3 Å². The standard InChI is InChI=1S/C22H23N3O5/c1-30-19(26)16-6-5-9-18(14-16)24-15-25(17-7-3-2-4-8-17)22(20(24)27)10-12-23(13-11-22)21(28)29/h2-9,14H,10-13,15H2,1H3,(H,28,29). The minimum Gasteiger partial charge on any atom is -0.465 e. The molecular weight excluding hydrogens is 386 g/mol. The molecule has 2 aliphatic rings. The van der Waals surface area contributed by atoms with E-state index in [-0.39, 0.29) is 5.91 Å². The lowest BCUT2D eigenvalue weighted by Crippen LogP contribution is -2.57. The molecule has 4 rings (SSSR count). The Morgan fingerprint density at radius 3 is 2.30 bits per heavy atom. The molecule has 2 heterocycles. The summed E-state index contributed by atoms with van der Waals surface area (Å²) in [6.07, 6.45) is -0.162. The Morgan fingerprint density at radius 2 is 1.67 bits per heavy atom. The highest BCUT2D eigenvalue weighted by molar-refractivity contribution is 6.07. The molecule has 2 saturated heterocycles. The molecule has 0 radical (unpaired) electrons. The van der Waals surface area contributed by atoms with E-state index in [9.17, 15) is 19.5 Å². The summed E-state index contributed by atoms with van der Waals surface area (Å²) in [5.74, 6) is -0.550. The third-order valence-corrected chi connectivity index (χ3v) is 5.95. The summed E-state index contributed by atoms with van der Waals surface area (Å²) in [5.41, 5.74) is 1.06. The summed E-state index contributed by atoms with van der Waals surface area (Å²) < 4.78 is 4.80. The van der Waals surface area contributed by atoms with Crippen LogP contribution in [0.15, 0.2) is 54.6 Å². The predicted octanol–water partition coefficient (Wildman–Crippen LogP) is 2.80. The Morgan fingerprint density at radius 1 is 1.00 bits per heavy atom. The van der Waals surface area contributed by atoms with Gasteiger partial charge >= 0.3 is 12.1 Å². The zero-order valence-corrected chi connectivity index (χ0v) is 16.7. The molecule has 2 aromatic carbocycles. The molecule has 2 amide bonds. The molecule has 0 bridgehead atoms. The summed E-state index contributed by atoms with van der Waals surface area (Å²) in [5, 5.41) is 9.33. The Labute approximate surface area is 174 Å². The van der Waals surface area contributed by atoms with Gasteiger partial charge in [0.15, 0.2) is 0 Å². The van der Waals surface area contributed by atoms with Crippen molar-refractivity contribution in [2.75, 3.05) is 36.7 Å². The molecule has 0 aliphatic carbocycles. The van der Waals surface area contributed by atoms with Crippen LogP contribution in [0.5, 0.6) is 0 Å². The minimum absolute atomic E-state index is 0.0848. The number of para-hydroxylation sites is 1.